The normalized spacial score (nSPS) is 25.4. The van der Waals surface area contributed by atoms with Gasteiger partial charge in [0.2, 0.25) is 11.8 Å². The highest BCUT2D eigenvalue weighted by Gasteiger charge is 2.46. The topological polar surface area (TPSA) is 178 Å². The summed E-state index contributed by atoms with van der Waals surface area (Å²) in [4.78, 5) is 88.3. The van der Waals surface area contributed by atoms with Crippen molar-refractivity contribution in [3.8, 4) is 11.3 Å². The van der Waals surface area contributed by atoms with Crippen LogP contribution in [-0.2, 0) is 46.4 Å². The number of hydrogen-bond acceptors (Lipinski definition) is 13. The van der Waals surface area contributed by atoms with Crippen molar-refractivity contribution in [2.45, 2.75) is 142 Å². The molecule has 80 heavy (non-hydrogen) atoms. The average Bonchev–Trinajstić information content (AvgIpc) is 4.22. The number of esters is 1. The second kappa shape index (κ2) is 23.9. The monoisotopic (exact) mass is 1100 g/mol. The Kier molecular flexibility index (Phi) is 17.2. The van der Waals surface area contributed by atoms with Crippen LogP contribution < -0.4 is 15.6 Å². The summed E-state index contributed by atoms with van der Waals surface area (Å²) in [5.74, 6) is -1.71. The molecule has 19 heteroatoms. The summed E-state index contributed by atoms with van der Waals surface area (Å²) < 4.78 is 20.9. The number of hydrazine groups is 1. The fourth-order valence-corrected chi connectivity index (χ4v) is 13.8. The van der Waals surface area contributed by atoms with Crippen molar-refractivity contribution < 1.29 is 38.2 Å². The number of aryl methyl sites for hydroxylation is 1. The summed E-state index contributed by atoms with van der Waals surface area (Å²) in [7, 11) is 3.39. The van der Waals surface area contributed by atoms with Gasteiger partial charge >= 0.3 is 12.0 Å². The standard InChI is InChI=1S/C61H87N11O8/c1-10-52(73)70-37-61(80-39-70)21-26-68(27-22-61)59(77)65(8)54(40(3)4)56(74)63-50-36-66-23-14-16-43(34-66)42-19-20-51-46(30-42)48(32-60(6,7)38-79-58(76)49-18-15-25-72(64-49)57(50)75)55(71(51)11-2)47-31-45(33-62-53(47)41(5)78-9)69-29-28-67-24-13-12-17-44(67)35-69/h10,16,19-20,30-31,33,40-41,44,49-50,54,64H,1,11-15,17-18,21-29,32,34-39H2,2-9H3,(H,63,74)/t41-,44+,49-,50-,54-/m0/s1. The Hall–Kier alpha value is -5.86. The molecule has 5 fully saturated rings. The smallest absolute Gasteiger partial charge is 0.324 e. The van der Waals surface area contributed by atoms with Gasteiger partial charge in [-0.2, -0.15) is 0 Å². The first-order valence-electron chi connectivity index (χ1n) is 29.6. The lowest BCUT2D eigenvalue weighted by Crippen LogP contribution is -2.64. The molecule has 3 aromatic rings. The summed E-state index contributed by atoms with van der Waals surface area (Å²) >= 11 is 0. The van der Waals surface area contributed by atoms with Gasteiger partial charge in [0.25, 0.3) is 5.91 Å². The van der Waals surface area contributed by atoms with Crippen LogP contribution in [0.1, 0.15) is 116 Å². The molecule has 5 amide bonds. The molecular formula is C61H87N11O8. The van der Waals surface area contributed by atoms with Crippen LogP contribution in [0.3, 0.4) is 0 Å². The van der Waals surface area contributed by atoms with Gasteiger partial charge in [-0.1, -0.05) is 52.8 Å². The number of pyridine rings is 1. The fourth-order valence-electron chi connectivity index (χ4n) is 13.8. The van der Waals surface area contributed by atoms with E-state index in [1.807, 2.05) is 20.0 Å². The molecule has 0 aliphatic carbocycles. The number of benzene rings is 1. The van der Waals surface area contributed by atoms with Gasteiger partial charge in [0.15, 0.2) is 0 Å². The number of carbonyl (C=O) groups is 5. The molecule has 1 spiro atoms. The second-order valence-electron chi connectivity index (χ2n) is 24.8. The number of ether oxygens (including phenoxy) is 3. The van der Waals surface area contributed by atoms with E-state index in [-0.39, 0.29) is 49.7 Å². The number of carbonyl (C=O) groups excluding carboxylic acids is 5. The van der Waals surface area contributed by atoms with Crippen molar-refractivity contribution >= 4 is 51.9 Å². The Morgan fingerprint density at radius 2 is 1.79 bits per heavy atom. The highest BCUT2D eigenvalue weighted by molar-refractivity contribution is 5.96. The van der Waals surface area contributed by atoms with E-state index < -0.39 is 41.0 Å². The van der Waals surface area contributed by atoms with E-state index in [4.69, 9.17) is 19.2 Å². The molecule has 6 atom stereocenters. The predicted molar refractivity (Wildman–Crippen MR) is 308 cm³/mol. The quantitative estimate of drug-likeness (QED) is 0.173. The second-order valence-corrected chi connectivity index (χ2v) is 24.8. The minimum absolute atomic E-state index is 0.143. The van der Waals surface area contributed by atoms with Crippen molar-refractivity contribution in [2.24, 2.45) is 11.3 Å². The molecular weight excluding hydrogens is 1010 g/mol. The third-order valence-electron chi connectivity index (χ3n) is 18.3. The number of aromatic nitrogens is 2. The molecule has 2 N–H and O–H groups in total. The zero-order valence-corrected chi connectivity index (χ0v) is 48.8. The molecule has 6 bridgehead atoms. The predicted octanol–water partition coefficient (Wildman–Crippen LogP) is 6.21. The van der Waals surface area contributed by atoms with E-state index in [9.17, 15) is 24.0 Å². The van der Waals surface area contributed by atoms with Crippen LogP contribution in [0.15, 0.2) is 49.2 Å². The summed E-state index contributed by atoms with van der Waals surface area (Å²) in [6.07, 6.45) is 12.6. The lowest BCUT2D eigenvalue weighted by Gasteiger charge is -2.45. The van der Waals surface area contributed by atoms with Crippen molar-refractivity contribution in [1.29, 1.82) is 0 Å². The van der Waals surface area contributed by atoms with E-state index in [1.165, 1.54) is 47.4 Å². The first kappa shape index (κ1) is 57.4. The van der Waals surface area contributed by atoms with Gasteiger partial charge in [-0.05, 0) is 119 Å². The van der Waals surface area contributed by atoms with Gasteiger partial charge in [0.1, 0.15) is 24.9 Å². The van der Waals surface area contributed by atoms with Gasteiger partial charge < -0.3 is 43.7 Å². The largest absolute Gasteiger partial charge is 0.464 e. The number of likely N-dealkylation sites (tertiary alicyclic amines) is 1. The molecule has 10 rings (SSSR count). The lowest BCUT2D eigenvalue weighted by molar-refractivity contribution is -0.155. The number of nitrogens with one attached hydrogen (secondary N) is 2. The Balaban J connectivity index is 0.962. The summed E-state index contributed by atoms with van der Waals surface area (Å²) in [5.41, 5.74) is 10.8. The van der Waals surface area contributed by atoms with E-state index in [1.54, 1.807) is 24.0 Å². The van der Waals surface area contributed by atoms with Gasteiger partial charge in [-0.3, -0.25) is 39.0 Å². The average molecular weight is 1100 g/mol. The number of methoxy groups -OCH3 is 1. The number of rotatable bonds is 10. The summed E-state index contributed by atoms with van der Waals surface area (Å²) in [6.45, 7) is 24.2. The van der Waals surface area contributed by atoms with Crippen LogP contribution in [-0.4, -0.2) is 198 Å². The van der Waals surface area contributed by atoms with Crippen molar-refractivity contribution in [3.63, 3.8) is 0 Å². The molecule has 2 aromatic heterocycles. The number of piperidine rings is 2. The highest BCUT2D eigenvalue weighted by atomic mass is 16.5. The zero-order valence-electron chi connectivity index (χ0n) is 48.8. The van der Waals surface area contributed by atoms with Gasteiger partial charge in [0, 0.05) is 108 Å². The SMILES string of the molecule is C=CC(=O)N1COC2(CCN(C(=O)N(C)[C@H](C(=O)N[C@H]3CN4CCC=C(C4)c4ccc5c(c4)c(c(-c4cc(N6CCN7CCCC[C@@H]7C6)cnc4[C@H](C)OC)n5CC)CC(C)(C)COC(=O)[C@@H]4CCCN(N4)C3=O)C(C)C)CC2)C1. The summed E-state index contributed by atoms with van der Waals surface area (Å²) in [6, 6.07) is 6.68. The van der Waals surface area contributed by atoms with Gasteiger partial charge in [-0.25, -0.2) is 10.2 Å². The fraction of sp³-hybridized carbons (Fsp3) is 0.639. The van der Waals surface area contributed by atoms with Gasteiger partial charge in [0.05, 0.1) is 48.1 Å². The third-order valence-corrected chi connectivity index (χ3v) is 18.3. The number of nitrogens with zero attached hydrogens (tertiary/aromatic N) is 9. The van der Waals surface area contributed by atoms with Gasteiger partial charge in [-0.15, -0.1) is 0 Å². The zero-order chi connectivity index (χ0) is 56.6. The third kappa shape index (κ3) is 11.8. The van der Waals surface area contributed by atoms with Crippen molar-refractivity contribution in [2.75, 3.05) is 104 Å². The number of hydrogen-bond donors (Lipinski definition) is 2. The molecule has 0 saturated carbocycles. The Morgan fingerprint density at radius 1 is 0.988 bits per heavy atom. The van der Waals surface area contributed by atoms with E-state index in [0.29, 0.717) is 84.0 Å². The molecule has 19 nitrogen and oxygen atoms in total. The van der Waals surface area contributed by atoms with Crippen LogP contribution >= 0.6 is 0 Å². The van der Waals surface area contributed by atoms with Crippen molar-refractivity contribution in [1.82, 2.24) is 49.8 Å². The molecule has 0 radical (unpaired) electrons. The van der Waals surface area contributed by atoms with Crippen LogP contribution in [0, 0.1) is 11.3 Å². The molecule has 5 saturated heterocycles. The molecule has 1 unspecified atom stereocenters. The molecule has 7 aliphatic rings. The first-order valence-corrected chi connectivity index (χ1v) is 29.6. The number of urea groups is 1. The number of anilines is 1. The van der Waals surface area contributed by atoms with E-state index >= 15 is 0 Å². The maximum Gasteiger partial charge on any atom is 0.324 e. The maximum atomic E-state index is 15.0. The number of fused-ring (bicyclic) bond motifs is 7. The maximum absolute atomic E-state index is 15.0. The molecule has 434 valence electrons. The van der Waals surface area contributed by atoms with Crippen molar-refractivity contribution in [3.05, 3.63) is 66.0 Å². The highest BCUT2D eigenvalue weighted by Crippen LogP contribution is 2.43. The van der Waals surface area contributed by atoms with Crippen LogP contribution in [0.4, 0.5) is 10.5 Å². The Morgan fingerprint density at radius 3 is 2.54 bits per heavy atom. The molecule has 9 heterocycles. The van der Waals surface area contributed by atoms with E-state index in [0.717, 1.165) is 70.7 Å². The first-order chi connectivity index (χ1) is 38.4. The lowest BCUT2D eigenvalue weighted by atomic mass is 9.84. The molecule has 1 aromatic carbocycles. The number of amides is 5. The van der Waals surface area contributed by atoms with Crippen LogP contribution in [0.5, 0.6) is 0 Å². The number of likely N-dealkylation sites (N-methyl/N-ethyl adjacent to an activating group) is 1. The van der Waals surface area contributed by atoms with E-state index in [2.05, 4.69) is 94.6 Å². The van der Waals surface area contributed by atoms with Crippen LogP contribution in [0.2, 0.25) is 0 Å². The minimum atomic E-state index is -1.02. The summed E-state index contributed by atoms with van der Waals surface area (Å²) in [5, 5.41) is 5.77. The number of piperazine rings is 1. The number of cyclic esters (lactones) is 1. The Bertz CT molecular complexity index is 2860. The van der Waals surface area contributed by atoms with Crippen LogP contribution in [0.25, 0.3) is 27.7 Å². The minimum Gasteiger partial charge on any atom is -0.464 e. The Labute approximate surface area is 472 Å². The molecule has 7 aliphatic heterocycles.